The summed E-state index contributed by atoms with van der Waals surface area (Å²) in [5, 5.41) is 18.7. The van der Waals surface area contributed by atoms with Crippen LogP contribution >= 0.6 is 15.9 Å². The van der Waals surface area contributed by atoms with E-state index in [1.165, 1.54) is 12.1 Å². The Morgan fingerprint density at radius 2 is 1.87 bits per heavy atom. The molecule has 3 aromatic rings. The molecule has 7 nitrogen and oxygen atoms in total. The number of halogens is 1. The topological polar surface area (TPSA) is 91.3 Å². The molecule has 0 bridgehead atoms. The van der Waals surface area contributed by atoms with Gasteiger partial charge in [0.05, 0.1) is 4.92 Å². The van der Waals surface area contributed by atoms with Crippen molar-refractivity contribution < 1.29 is 14.1 Å². The van der Waals surface area contributed by atoms with Crippen LogP contribution in [-0.2, 0) is 6.61 Å². The van der Waals surface area contributed by atoms with E-state index in [0.717, 1.165) is 10.0 Å². The van der Waals surface area contributed by atoms with Crippen molar-refractivity contribution in [2.24, 2.45) is 0 Å². The van der Waals surface area contributed by atoms with Gasteiger partial charge in [0.25, 0.3) is 5.89 Å². The molecule has 0 aliphatic carbocycles. The van der Waals surface area contributed by atoms with Crippen LogP contribution in [0, 0.1) is 10.1 Å². The average molecular weight is 376 g/mol. The third kappa shape index (κ3) is 3.54. The zero-order valence-electron chi connectivity index (χ0n) is 11.7. The quantitative estimate of drug-likeness (QED) is 0.494. The molecule has 0 aliphatic rings. The molecule has 0 N–H and O–H groups in total. The summed E-state index contributed by atoms with van der Waals surface area (Å²) in [5.41, 5.74) is 0.665. The maximum Gasteiger partial charge on any atom is 0.310 e. The summed E-state index contributed by atoms with van der Waals surface area (Å²) < 4.78 is 11.9. The van der Waals surface area contributed by atoms with Crippen LogP contribution < -0.4 is 4.74 Å². The van der Waals surface area contributed by atoms with Gasteiger partial charge < -0.3 is 9.15 Å². The number of hydrogen-bond donors (Lipinski definition) is 0. The summed E-state index contributed by atoms with van der Waals surface area (Å²) in [5.74, 6) is 0.751. The molecule has 0 atom stereocenters. The van der Waals surface area contributed by atoms with E-state index in [1.54, 1.807) is 12.1 Å². The minimum Gasteiger partial charge on any atom is -0.477 e. The Kier molecular flexibility index (Phi) is 4.33. The van der Waals surface area contributed by atoms with Crippen LogP contribution in [0.5, 0.6) is 5.75 Å². The van der Waals surface area contributed by atoms with Crippen molar-refractivity contribution in [3.05, 3.63) is 69.0 Å². The van der Waals surface area contributed by atoms with Gasteiger partial charge in [-0.2, -0.15) is 0 Å². The van der Waals surface area contributed by atoms with Crippen molar-refractivity contribution >= 4 is 21.6 Å². The van der Waals surface area contributed by atoms with Crippen LogP contribution in [0.25, 0.3) is 11.5 Å². The van der Waals surface area contributed by atoms with E-state index in [-0.39, 0.29) is 23.9 Å². The van der Waals surface area contributed by atoms with Crippen LogP contribution in [0.4, 0.5) is 5.69 Å². The number of nitro groups is 1. The molecule has 23 heavy (non-hydrogen) atoms. The Bertz CT molecular complexity index is 833. The van der Waals surface area contributed by atoms with Gasteiger partial charge in [0.1, 0.15) is 0 Å². The van der Waals surface area contributed by atoms with E-state index in [2.05, 4.69) is 26.1 Å². The second-order valence-corrected chi connectivity index (χ2v) is 5.44. The summed E-state index contributed by atoms with van der Waals surface area (Å²) in [4.78, 5) is 10.4. The van der Waals surface area contributed by atoms with Gasteiger partial charge in [0, 0.05) is 16.1 Å². The number of benzene rings is 2. The van der Waals surface area contributed by atoms with Crippen molar-refractivity contribution in [3.63, 3.8) is 0 Å². The van der Waals surface area contributed by atoms with Crippen LogP contribution in [0.1, 0.15) is 5.89 Å². The van der Waals surface area contributed by atoms with Crippen LogP contribution in [-0.4, -0.2) is 15.1 Å². The highest BCUT2D eigenvalue weighted by Crippen LogP contribution is 2.27. The Morgan fingerprint density at radius 3 is 2.61 bits per heavy atom. The SMILES string of the molecule is O=[N+]([O-])c1ccccc1OCc1nnc(-c2ccc(Br)cc2)o1. The first kappa shape index (κ1) is 15.2. The molecular formula is C15H10BrN3O4. The monoisotopic (exact) mass is 375 g/mol. The minimum absolute atomic E-state index is 0.0472. The van der Waals surface area contributed by atoms with Crippen molar-refractivity contribution in [1.82, 2.24) is 10.2 Å². The molecule has 3 rings (SSSR count). The lowest BCUT2D eigenvalue weighted by molar-refractivity contribution is -0.386. The lowest BCUT2D eigenvalue weighted by atomic mass is 10.2. The van der Waals surface area contributed by atoms with Crippen LogP contribution in [0.15, 0.2) is 57.4 Å². The third-order valence-corrected chi connectivity index (χ3v) is 3.50. The van der Waals surface area contributed by atoms with E-state index in [0.29, 0.717) is 5.89 Å². The highest BCUT2D eigenvalue weighted by Gasteiger charge is 2.15. The zero-order valence-corrected chi connectivity index (χ0v) is 13.3. The van der Waals surface area contributed by atoms with Gasteiger partial charge in [-0.15, -0.1) is 10.2 Å². The van der Waals surface area contributed by atoms with Gasteiger partial charge in [0.15, 0.2) is 12.4 Å². The molecule has 1 aromatic heterocycles. The van der Waals surface area contributed by atoms with Crippen molar-refractivity contribution in [2.45, 2.75) is 6.61 Å². The predicted molar refractivity (Wildman–Crippen MR) is 84.9 cm³/mol. The molecule has 0 radical (unpaired) electrons. The second kappa shape index (κ2) is 6.57. The lowest BCUT2D eigenvalue weighted by Gasteiger charge is -2.03. The number of hydrogen-bond acceptors (Lipinski definition) is 6. The Morgan fingerprint density at radius 1 is 1.13 bits per heavy atom. The normalized spacial score (nSPS) is 10.5. The molecule has 0 fully saturated rings. The van der Waals surface area contributed by atoms with Gasteiger partial charge in [-0.3, -0.25) is 10.1 Å². The molecule has 0 unspecified atom stereocenters. The first-order valence-corrected chi connectivity index (χ1v) is 7.37. The summed E-state index contributed by atoms with van der Waals surface area (Å²) >= 11 is 3.35. The fourth-order valence-corrected chi connectivity index (χ4v) is 2.15. The molecule has 1 heterocycles. The molecule has 8 heteroatoms. The number of ether oxygens (including phenoxy) is 1. The smallest absolute Gasteiger partial charge is 0.310 e. The number of nitro benzene ring substituents is 1. The largest absolute Gasteiger partial charge is 0.477 e. The summed E-state index contributed by atoms with van der Waals surface area (Å²) in [6.07, 6.45) is 0. The average Bonchev–Trinajstić information content (AvgIpc) is 3.03. The fourth-order valence-electron chi connectivity index (χ4n) is 1.89. The molecule has 0 saturated heterocycles. The first-order valence-electron chi connectivity index (χ1n) is 6.58. The summed E-state index contributed by atoms with van der Waals surface area (Å²) in [6, 6.07) is 13.5. The molecular weight excluding hydrogens is 366 g/mol. The minimum atomic E-state index is -0.504. The van der Waals surface area contributed by atoms with Crippen LogP contribution in [0.3, 0.4) is 0 Å². The van der Waals surface area contributed by atoms with Gasteiger partial charge >= 0.3 is 5.69 Å². The van der Waals surface area contributed by atoms with E-state index in [1.807, 2.05) is 24.3 Å². The Hall–Kier alpha value is -2.74. The van der Waals surface area contributed by atoms with Gasteiger partial charge in [-0.25, -0.2) is 0 Å². The number of para-hydroxylation sites is 2. The zero-order chi connectivity index (χ0) is 16.2. The molecule has 116 valence electrons. The summed E-state index contributed by atoms with van der Waals surface area (Å²) in [6.45, 7) is -0.0472. The van der Waals surface area contributed by atoms with Crippen LogP contribution in [0.2, 0.25) is 0 Å². The van der Waals surface area contributed by atoms with E-state index in [9.17, 15) is 10.1 Å². The second-order valence-electron chi connectivity index (χ2n) is 4.52. The maximum absolute atomic E-state index is 10.9. The number of rotatable bonds is 5. The van der Waals surface area contributed by atoms with Crippen molar-refractivity contribution in [3.8, 4) is 17.2 Å². The number of aromatic nitrogens is 2. The van der Waals surface area contributed by atoms with Gasteiger partial charge in [0.2, 0.25) is 5.89 Å². The summed E-state index contributed by atoms with van der Waals surface area (Å²) in [7, 11) is 0. The Balaban J connectivity index is 1.73. The molecule has 0 aliphatic heterocycles. The van der Waals surface area contributed by atoms with Crippen molar-refractivity contribution in [2.75, 3.05) is 0 Å². The molecule has 0 spiro atoms. The van der Waals surface area contributed by atoms with E-state index < -0.39 is 4.92 Å². The van der Waals surface area contributed by atoms with Gasteiger partial charge in [-0.1, -0.05) is 28.1 Å². The predicted octanol–water partition coefficient (Wildman–Crippen LogP) is 3.99. The standard InChI is InChI=1S/C15H10BrN3O4/c16-11-7-5-10(6-8-11)15-18-17-14(23-15)9-22-13-4-2-1-3-12(13)19(20)21/h1-8H,9H2. The highest BCUT2D eigenvalue weighted by atomic mass is 79.9. The first-order chi connectivity index (χ1) is 11.1. The van der Waals surface area contributed by atoms with Gasteiger partial charge in [-0.05, 0) is 30.3 Å². The molecule has 0 saturated carbocycles. The molecule has 0 amide bonds. The fraction of sp³-hybridized carbons (Fsp3) is 0.0667. The third-order valence-electron chi connectivity index (χ3n) is 2.97. The lowest BCUT2D eigenvalue weighted by Crippen LogP contribution is -1.99. The maximum atomic E-state index is 10.9. The number of nitrogens with zero attached hydrogens (tertiary/aromatic N) is 3. The van der Waals surface area contributed by atoms with Crippen molar-refractivity contribution in [1.29, 1.82) is 0 Å². The van der Waals surface area contributed by atoms with E-state index >= 15 is 0 Å². The van der Waals surface area contributed by atoms with E-state index in [4.69, 9.17) is 9.15 Å². The highest BCUT2D eigenvalue weighted by molar-refractivity contribution is 9.10. The molecule has 2 aromatic carbocycles. The Labute approximate surface area is 139 Å².